The molecule has 1 aromatic rings. The molecule has 0 radical (unpaired) electrons. The third-order valence-electron chi connectivity index (χ3n) is 6.35. The molecule has 2 fully saturated rings. The fraction of sp³-hybridized carbons (Fsp3) is 0.625. The lowest BCUT2D eigenvalue weighted by molar-refractivity contribution is -0.192. The quantitative estimate of drug-likeness (QED) is 0.519. The lowest BCUT2D eigenvalue weighted by Crippen LogP contribution is -2.57. The van der Waals surface area contributed by atoms with Crippen LogP contribution in [0.2, 0.25) is 10.0 Å². The van der Waals surface area contributed by atoms with Gasteiger partial charge < -0.3 is 25.0 Å². The molecule has 3 rings (SSSR count). The number of carbonyl (C=O) groups excluding carboxylic acids is 2. The second-order valence-corrected chi connectivity index (χ2v) is 10.1. The molecule has 2 aliphatic rings. The normalized spacial score (nSPS) is 17.2. The molecule has 8 nitrogen and oxygen atoms in total. The van der Waals surface area contributed by atoms with Crippen molar-refractivity contribution in [3.05, 3.63) is 22.2 Å². The van der Waals surface area contributed by atoms with E-state index in [1.165, 1.54) is 0 Å². The molecule has 0 spiro atoms. The number of carboxylic acids is 1. The number of carboxylic acid groups (broad SMARTS) is 1. The third-order valence-corrected chi connectivity index (χ3v) is 6.95. The summed E-state index contributed by atoms with van der Waals surface area (Å²) in [6, 6.07) is 3.03. The van der Waals surface area contributed by atoms with Crippen molar-refractivity contribution in [2.24, 2.45) is 11.8 Å². The van der Waals surface area contributed by atoms with Gasteiger partial charge in [-0.05, 0) is 24.8 Å². The van der Waals surface area contributed by atoms with Crippen LogP contribution in [-0.4, -0.2) is 73.3 Å². The van der Waals surface area contributed by atoms with Crippen LogP contribution in [0.1, 0.15) is 39.5 Å². The minimum absolute atomic E-state index is 0.00391. The Morgan fingerprint density at radius 3 is 2.05 bits per heavy atom. The van der Waals surface area contributed by atoms with Crippen molar-refractivity contribution in [3.8, 4) is 5.75 Å². The molecule has 2 N–H and O–H groups in total. The van der Waals surface area contributed by atoms with Crippen LogP contribution in [0.3, 0.4) is 0 Å². The van der Waals surface area contributed by atoms with E-state index in [4.69, 9.17) is 37.8 Å². The van der Waals surface area contributed by atoms with Gasteiger partial charge in [-0.3, -0.25) is 9.59 Å². The maximum atomic E-state index is 13.2. The maximum Gasteiger partial charge on any atom is 0.490 e. The van der Waals surface area contributed by atoms with E-state index in [0.717, 1.165) is 31.4 Å². The van der Waals surface area contributed by atoms with Gasteiger partial charge in [0.2, 0.25) is 11.8 Å². The van der Waals surface area contributed by atoms with Crippen LogP contribution in [0, 0.1) is 11.8 Å². The molecule has 1 aliphatic heterocycles. The smallest absolute Gasteiger partial charge is 0.490 e. The molecular formula is C24H32Cl2F3N3O5. The molecule has 0 bridgehead atoms. The van der Waals surface area contributed by atoms with Crippen LogP contribution in [0.5, 0.6) is 5.75 Å². The summed E-state index contributed by atoms with van der Waals surface area (Å²) in [4.78, 5) is 38.6. The number of amides is 2. The number of alkyl halides is 3. The number of aliphatic carboxylic acids is 1. The number of ether oxygens (including phenoxy) is 1. The van der Waals surface area contributed by atoms with Gasteiger partial charge in [0.15, 0.2) is 0 Å². The van der Waals surface area contributed by atoms with Gasteiger partial charge in [-0.1, -0.05) is 49.9 Å². The van der Waals surface area contributed by atoms with Crippen LogP contribution >= 0.6 is 23.2 Å². The van der Waals surface area contributed by atoms with Gasteiger partial charge in [0.1, 0.15) is 11.8 Å². The molecule has 1 aromatic carbocycles. The molecule has 0 unspecified atom stereocenters. The molecule has 0 aromatic heterocycles. The van der Waals surface area contributed by atoms with E-state index in [1.54, 1.807) is 13.2 Å². The number of piperazine rings is 1. The first-order valence-electron chi connectivity index (χ1n) is 11.9. The molecule has 2 amide bonds. The van der Waals surface area contributed by atoms with E-state index in [2.05, 4.69) is 10.2 Å². The van der Waals surface area contributed by atoms with Gasteiger partial charge >= 0.3 is 12.1 Å². The monoisotopic (exact) mass is 569 g/mol. The van der Waals surface area contributed by atoms with Crippen LogP contribution in [-0.2, 0) is 14.4 Å². The number of nitrogens with zero attached hydrogens (tertiary/aromatic N) is 2. The van der Waals surface area contributed by atoms with Crippen molar-refractivity contribution < 1.29 is 37.4 Å². The average molecular weight is 570 g/mol. The predicted molar refractivity (Wildman–Crippen MR) is 134 cm³/mol. The first-order valence-corrected chi connectivity index (χ1v) is 12.7. The predicted octanol–water partition coefficient (Wildman–Crippen LogP) is 4.61. The summed E-state index contributed by atoms with van der Waals surface area (Å²) in [6.07, 6.45) is -1.04. The van der Waals surface area contributed by atoms with Crippen molar-refractivity contribution in [2.75, 3.05) is 38.2 Å². The molecule has 1 aliphatic carbocycles. The SMILES string of the molecule is COc1cc(N2CCN(C(=O)[C@H](NC(=O)C3CCCC3)C(C)C)CC2)c(Cl)cc1Cl.O=C(O)C(F)(F)F. The van der Waals surface area contributed by atoms with Crippen molar-refractivity contribution >= 4 is 46.7 Å². The van der Waals surface area contributed by atoms with Crippen LogP contribution in [0.15, 0.2) is 12.1 Å². The number of benzene rings is 1. The molecule has 1 heterocycles. The Bertz CT molecular complexity index is 964. The number of hydrogen-bond donors (Lipinski definition) is 2. The average Bonchev–Trinajstić information content (AvgIpc) is 3.37. The van der Waals surface area contributed by atoms with E-state index < -0.39 is 18.2 Å². The number of halogens is 5. The van der Waals surface area contributed by atoms with E-state index >= 15 is 0 Å². The molecular weight excluding hydrogens is 538 g/mol. The molecule has 37 heavy (non-hydrogen) atoms. The van der Waals surface area contributed by atoms with Crippen molar-refractivity contribution in [1.29, 1.82) is 0 Å². The second-order valence-electron chi connectivity index (χ2n) is 9.27. The summed E-state index contributed by atoms with van der Waals surface area (Å²) in [5.41, 5.74) is 0.847. The zero-order valence-corrected chi connectivity index (χ0v) is 22.4. The third kappa shape index (κ3) is 8.56. The number of nitrogens with one attached hydrogen (secondary N) is 1. The lowest BCUT2D eigenvalue weighted by Gasteiger charge is -2.38. The van der Waals surface area contributed by atoms with Crippen LogP contribution < -0.4 is 15.0 Å². The largest absolute Gasteiger partial charge is 0.495 e. The highest BCUT2D eigenvalue weighted by molar-refractivity contribution is 6.37. The fourth-order valence-corrected chi connectivity index (χ4v) is 4.83. The summed E-state index contributed by atoms with van der Waals surface area (Å²) in [5.74, 6) is -2.07. The highest BCUT2D eigenvalue weighted by atomic mass is 35.5. The standard InChI is InChI=1S/C22H31Cl2N3O3.C2HF3O2/c1-14(2)20(25-21(28)15-6-4-5-7-15)22(29)27-10-8-26(9-11-27)18-13-19(30-3)17(24)12-16(18)23;3-2(4,5)1(6)7/h12-15,20H,4-11H2,1-3H3,(H,25,28);(H,6,7)/t20-;/m1./s1. The summed E-state index contributed by atoms with van der Waals surface area (Å²) in [5, 5.41) is 11.2. The summed E-state index contributed by atoms with van der Waals surface area (Å²) in [7, 11) is 1.57. The highest BCUT2D eigenvalue weighted by Gasteiger charge is 2.38. The van der Waals surface area contributed by atoms with Crippen LogP contribution in [0.4, 0.5) is 18.9 Å². The summed E-state index contributed by atoms with van der Waals surface area (Å²) in [6.45, 7) is 6.40. The first kappa shape index (κ1) is 30.8. The topological polar surface area (TPSA) is 99.2 Å². The zero-order chi connectivity index (χ0) is 27.9. The molecule has 1 saturated heterocycles. The van der Waals surface area contributed by atoms with Gasteiger partial charge in [0.05, 0.1) is 22.8 Å². The molecule has 1 saturated carbocycles. The Hall–Kier alpha value is -2.40. The van der Waals surface area contributed by atoms with E-state index in [-0.39, 0.29) is 23.7 Å². The Morgan fingerprint density at radius 1 is 1.05 bits per heavy atom. The molecule has 1 atom stereocenters. The Balaban J connectivity index is 0.000000604. The highest BCUT2D eigenvalue weighted by Crippen LogP contribution is 2.36. The Kier molecular flexibility index (Phi) is 11.2. The van der Waals surface area contributed by atoms with Gasteiger partial charge in [-0.15, -0.1) is 0 Å². The number of carbonyl (C=O) groups is 3. The van der Waals surface area contributed by atoms with Gasteiger partial charge in [0.25, 0.3) is 0 Å². The number of rotatable bonds is 6. The van der Waals surface area contributed by atoms with Gasteiger partial charge in [-0.25, -0.2) is 4.79 Å². The Labute approximate surface area is 224 Å². The van der Waals surface area contributed by atoms with Crippen molar-refractivity contribution in [1.82, 2.24) is 10.2 Å². The summed E-state index contributed by atoms with van der Waals surface area (Å²) >= 11 is 12.5. The number of anilines is 1. The molecule has 208 valence electrons. The van der Waals surface area contributed by atoms with Gasteiger partial charge in [0, 0.05) is 38.2 Å². The van der Waals surface area contributed by atoms with Crippen molar-refractivity contribution in [3.63, 3.8) is 0 Å². The minimum Gasteiger partial charge on any atom is -0.495 e. The van der Waals surface area contributed by atoms with Gasteiger partial charge in [-0.2, -0.15) is 13.2 Å². The molecule has 13 heteroatoms. The Morgan fingerprint density at radius 2 is 1.59 bits per heavy atom. The lowest BCUT2D eigenvalue weighted by atomic mass is 10.00. The minimum atomic E-state index is -5.08. The maximum absolute atomic E-state index is 13.2. The number of methoxy groups -OCH3 is 1. The van der Waals surface area contributed by atoms with Crippen LogP contribution in [0.25, 0.3) is 0 Å². The van der Waals surface area contributed by atoms with Crippen molar-refractivity contribution in [2.45, 2.75) is 51.7 Å². The summed E-state index contributed by atoms with van der Waals surface area (Å²) < 4.78 is 37.0. The van der Waals surface area contributed by atoms with E-state index in [9.17, 15) is 22.8 Å². The second kappa shape index (κ2) is 13.4. The van der Waals surface area contributed by atoms with E-state index in [0.29, 0.717) is 42.0 Å². The first-order chi connectivity index (χ1) is 17.3. The number of hydrogen-bond acceptors (Lipinski definition) is 5. The fourth-order valence-electron chi connectivity index (χ4n) is 4.25. The van der Waals surface area contributed by atoms with E-state index in [1.807, 2.05) is 24.8 Å². The zero-order valence-electron chi connectivity index (χ0n) is 20.9.